The molecule has 0 aliphatic carbocycles. The number of halogens is 4. The van der Waals surface area contributed by atoms with Gasteiger partial charge in [0.2, 0.25) is 0 Å². The number of hydrogen-bond acceptors (Lipinski definition) is 2. The lowest BCUT2D eigenvalue weighted by molar-refractivity contribution is -0.138. The lowest BCUT2D eigenvalue weighted by Gasteiger charge is -2.10. The van der Waals surface area contributed by atoms with Gasteiger partial charge in [0.1, 0.15) is 0 Å². The minimum Gasteiger partial charge on any atom is -0.392 e. The maximum absolute atomic E-state index is 12.2. The highest BCUT2D eigenvalue weighted by Crippen LogP contribution is 2.35. The molecule has 0 spiro atoms. The molecule has 0 fully saturated rings. The molecule has 0 saturated heterocycles. The van der Waals surface area contributed by atoms with E-state index in [-0.39, 0.29) is 10.0 Å². The Bertz CT molecular complexity index is 313. The van der Waals surface area contributed by atoms with Crippen molar-refractivity contribution in [3.63, 3.8) is 0 Å². The third-order valence-corrected chi connectivity index (χ3v) is 2.36. The minimum atomic E-state index is -4.45. The van der Waals surface area contributed by atoms with Gasteiger partial charge in [-0.15, -0.1) is 0 Å². The summed E-state index contributed by atoms with van der Waals surface area (Å²) in [5.41, 5.74) is -0.756. The Morgan fingerprint density at radius 1 is 1.38 bits per heavy atom. The van der Waals surface area contributed by atoms with Gasteiger partial charge in [0.25, 0.3) is 0 Å². The Morgan fingerprint density at radius 3 is 2.46 bits per heavy atom. The van der Waals surface area contributed by atoms with E-state index in [2.05, 4.69) is 20.9 Å². The van der Waals surface area contributed by atoms with Crippen molar-refractivity contribution >= 4 is 15.9 Å². The number of pyridine rings is 1. The first-order chi connectivity index (χ1) is 5.96. The van der Waals surface area contributed by atoms with E-state index in [1.54, 1.807) is 0 Å². The van der Waals surface area contributed by atoms with Gasteiger partial charge in [-0.3, -0.25) is 4.98 Å². The van der Waals surface area contributed by atoms with Crippen LogP contribution in [0.3, 0.4) is 0 Å². The van der Waals surface area contributed by atoms with Crippen LogP contribution in [0.25, 0.3) is 0 Å². The summed E-state index contributed by atoms with van der Waals surface area (Å²) in [5.74, 6) is 0. The summed E-state index contributed by atoms with van der Waals surface area (Å²) in [7, 11) is 0. The molecular formula is C7H5BrF3NO. The molecule has 0 saturated carbocycles. The van der Waals surface area contributed by atoms with Crippen molar-refractivity contribution in [3.05, 3.63) is 28.0 Å². The predicted molar refractivity (Wildman–Crippen MR) is 42.9 cm³/mol. The highest BCUT2D eigenvalue weighted by Gasteiger charge is 2.34. The molecule has 0 bridgehead atoms. The number of rotatable bonds is 1. The van der Waals surface area contributed by atoms with E-state index >= 15 is 0 Å². The Morgan fingerprint density at radius 2 is 2.00 bits per heavy atom. The topological polar surface area (TPSA) is 33.1 Å². The first-order valence-corrected chi connectivity index (χ1v) is 4.06. The molecule has 0 aliphatic rings. The van der Waals surface area contributed by atoms with Crippen molar-refractivity contribution in [1.29, 1.82) is 0 Å². The van der Waals surface area contributed by atoms with Crippen LogP contribution in [0.2, 0.25) is 0 Å². The van der Waals surface area contributed by atoms with Crippen molar-refractivity contribution in [1.82, 2.24) is 4.98 Å². The van der Waals surface area contributed by atoms with E-state index in [0.717, 1.165) is 0 Å². The number of aliphatic hydroxyl groups excluding tert-OH is 1. The highest BCUT2D eigenvalue weighted by molar-refractivity contribution is 9.10. The zero-order chi connectivity index (χ0) is 10.1. The zero-order valence-corrected chi connectivity index (χ0v) is 7.85. The summed E-state index contributed by atoms with van der Waals surface area (Å²) in [6.45, 7) is -0.475. The molecule has 6 heteroatoms. The van der Waals surface area contributed by atoms with Crippen molar-refractivity contribution < 1.29 is 18.3 Å². The number of hydrogen-bond donors (Lipinski definition) is 1. The van der Waals surface area contributed by atoms with Gasteiger partial charge in [0.05, 0.1) is 12.2 Å². The van der Waals surface area contributed by atoms with Crippen molar-refractivity contribution in [3.8, 4) is 0 Å². The molecule has 0 amide bonds. The van der Waals surface area contributed by atoms with Gasteiger partial charge in [-0.05, 0) is 15.9 Å². The summed E-state index contributed by atoms with van der Waals surface area (Å²) in [6, 6.07) is 0. The average molecular weight is 256 g/mol. The highest BCUT2D eigenvalue weighted by atomic mass is 79.9. The molecule has 0 radical (unpaired) electrons. The Hall–Kier alpha value is -0.620. The van der Waals surface area contributed by atoms with Crippen LogP contribution >= 0.6 is 15.9 Å². The summed E-state index contributed by atoms with van der Waals surface area (Å²) in [6.07, 6.45) is -2.56. The molecule has 0 aromatic carbocycles. The van der Waals surface area contributed by atoms with E-state index in [4.69, 9.17) is 5.11 Å². The Labute approximate surface area is 80.5 Å². The molecule has 13 heavy (non-hydrogen) atoms. The van der Waals surface area contributed by atoms with Crippen molar-refractivity contribution in [2.45, 2.75) is 12.8 Å². The van der Waals surface area contributed by atoms with Crippen LogP contribution in [-0.2, 0) is 12.8 Å². The van der Waals surface area contributed by atoms with Gasteiger partial charge >= 0.3 is 6.18 Å². The van der Waals surface area contributed by atoms with Crippen LogP contribution < -0.4 is 0 Å². The molecule has 1 heterocycles. The maximum Gasteiger partial charge on any atom is 0.418 e. The second-order valence-corrected chi connectivity index (χ2v) is 3.11. The van der Waals surface area contributed by atoms with Crippen LogP contribution in [0.5, 0.6) is 0 Å². The zero-order valence-electron chi connectivity index (χ0n) is 6.27. The van der Waals surface area contributed by atoms with Crippen molar-refractivity contribution in [2.24, 2.45) is 0 Å². The molecule has 1 aromatic rings. The van der Waals surface area contributed by atoms with Gasteiger partial charge in [-0.1, -0.05) is 0 Å². The van der Waals surface area contributed by atoms with Crippen molar-refractivity contribution in [2.75, 3.05) is 0 Å². The SMILES string of the molecule is OCc1cncc(C(F)(F)F)c1Br. The van der Waals surface area contributed by atoms with E-state index < -0.39 is 18.3 Å². The quantitative estimate of drug-likeness (QED) is 0.836. The van der Waals surface area contributed by atoms with E-state index in [0.29, 0.717) is 6.20 Å². The van der Waals surface area contributed by atoms with Gasteiger partial charge in [-0.2, -0.15) is 13.2 Å². The Balaban J connectivity index is 3.24. The first kappa shape index (κ1) is 10.5. The average Bonchev–Trinajstić information content (AvgIpc) is 2.02. The van der Waals surface area contributed by atoms with Gasteiger partial charge in [0, 0.05) is 22.4 Å². The van der Waals surface area contributed by atoms with Crippen LogP contribution in [0.1, 0.15) is 11.1 Å². The van der Waals surface area contributed by atoms with E-state index in [9.17, 15) is 13.2 Å². The smallest absolute Gasteiger partial charge is 0.392 e. The molecule has 0 atom stereocenters. The van der Waals surface area contributed by atoms with E-state index in [1.165, 1.54) is 6.20 Å². The lowest BCUT2D eigenvalue weighted by Crippen LogP contribution is -2.08. The van der Waals surface area contributed by atoms with Gasteiger partial charge < -0.3 is 5.11 Å². The molecule has 1 aromatic heterocycles. The lowest BCUT2D eigenvalue weighted by atomic mass is 10.2. The summed E-state index contributed by atoms with van der Waals surface area (Å²) in [4.78, 5) is 3.37. The second-order valence-electron chi connectivity index (χ2n) is 2.32. The molecule has 72 valence electrons. The third-order valence-electron chi connectivity index (χ3n) is 1.43. The fourth-order valence-corrected chi connectivity index (χ4v) is 1.35. The number of aliphatic hydroxyl groups is 1. The molecule has 0 aliphatic heterocycles. The number of alkyl halides is 3. The molecule has 0 unspecified atom stereocenters. The Kier molecular flexibility index (Phi) is 2.92. The van der Waals surface area contributed by atoms with Crippen LogP contribution in [0.15, 0.2) is 16.9 Å². The molecular weight excluding hydrogens is 251 g/mol. The predicted octanol–water partition coefficient (Wildman–Crippen LogP) is 2.36. The first-order valence-electron chi connectivity index (χ1n) is 3.27. The monoisotopic (exact) mass is 255 g/mol. The summed E-state index contributed by atoms with van der Waals surface area (Å²) < 4.78 is 36.5. The fourth-order valence-electron chi connectivity index (χ4n) is 0.796. The van der Waals surface area contributed by atoms with E-state index in [1.807, 2.05) is 0 Å². The second kappa shape index (κ2) is 3.63. The normalized spacial score (nSPS) is 11.8. The van der Waals surface area contributed by atoms with Crippen LogP contribution in [0, 0.1) is 0 Å². The summed E-state index contributed by atoms with van der Waals surface area (Å²) >= 11 is 2.76. The third kappa shape index (κ3) is 2.19. The minimum absolute atomic E-state index is 0.120. The maximum atomic E-state index is 12.2. The van der Waals surface area contributed by atoms with Crippen LogP contribution in [-0.4, -0.2) is 10.1 Å². The number of nitrogens with zero attached hydrogens (tertiary/aromatic N) is 1. The standard InChI is InChI=1S/C7H5BrF3NO/c8-6-4(3-13)1-12-2-5(6)7(9,10)11/h1-2,13H,3H2. The van der Waals surface area contributed by atoms with Gasteiger partial charge in [-0.25, -0.2) is 0 Å². The summed E-state index contributed by atoms with van der Waals surface area (Å²) in [5, 5.41) is 8.67. The fraction of sp³-hybridized carbons (Fsp3) is 0.286. The molecule has 2 nitrogen and oxygen atoms in total. The molecule has 1 N–H and O–H groups in total. The van der Waals surface area contributed by atoms with Gasteiger partial charge in [0.15, 0.2) is 0 Å². The largest absolute Gasteiger partial charge is 0.418 e. The number of aromatic nitrogens is 1. The molecule has 1 rings (SSSR count). The van der Waals surface area contributed by atoms with Crippen LogP contribution in [0.4, 0.5) is 13.2 Å².